The first-order valence-corrected chi connectivity index (χ1v) is 11.7. The minimum atomic E-state index is -0.731. The molecular formula is C22H24BrCl3N2O3. The van der Waals surface area contributed by atoms with Crippen LogP contribution < -0.4 is 10.1 Å². The molecule has 2 atom stereocenters. The zero-order valence-electron chi connectivity index (χ0n) is 17.4. The Kier molecular flexibility index (Phi) is 9.94. The summed E-state index contributed by atoms with van der Waals surface area (Å²) in [5.74, 6) is -0.140. The number of benzene rings is 2. The molecule has 168 valence electrons. The third-order valence-corrected chi connectivity index (χ3v) is 6.21. The van der Waals surface area contributed by atoms with Gasteiger partial charge in [0.25, 0.3) is 5.91 Å². The van der Waals surface area contributed by atoms with E-state index in [1.807, 2.05) is 13.8 Å². The van der Waals surface area contributed by atoms with Gasteiger partial charge in [0.05, 0.1) is 4.47 Å². The molecule has 0 fully saturated rings. The fourth-order valence-corrected chi connectivity index (χ4v) is 3.96. The van der Waals surface area contributed by atoms with Crippen molar-refractivity contribution >= 4 is 62.5 Å². The average Bonchev–Trinajstić information content (AvgIpc) is 2.71. The second-order valence-corrected chi connectivity index (χ2v) is 9.25. The van der Waals surface area contributed by atoms with Crippen molar-refractivity contribution in [3.05, 3.63) is 61.5 Å². The highest BCUT2D eigenvalue weighted by Gasteiger charge is 2.28. The lowest BCUT2D eigenvalue weighted by Gasteiger charge is -2.30. The van der Waals surface area contributed by atoms with Crippen LogP contribution in [0.15, 0.2) is 40.9 Å². The summed E-state index contributed by atoms with van der Waals surface area (Å²) in [7, 11) is 0. The average molecular weight is 551 g/mol. The molecule has 0 saturated heterocycles. The Balaban J connectivity index is 2.22. The maximum atomic E-state index is 13.1. The number of amides is 2. The summed E-state index contributed by atoms with van der Waals surface area (Å²) in [5, 5.41) is 4.36. The number of hydrogen-bond acceptors (Lipinski definition) is 3. The summed E-state index contributed by atoms with van der Waals surface area (Å²) < 4.78 is 6.30. The van der Waals surface area contributed by atoms with Crippen molar-refractivity contribution in [1.29, 1.82) is 0 Å². The summed E-state index contributed by atoms with van der Waals surface area (Å²) in [4.78, 5) is 27.3. The van der Waals surface area contributed by atoms with Gasteiger partial charge >= 0.3 is 0 Å². The maximum absolute atomic E-state index is 13.1. The Bertz CT molecular complexity index is 942. The van der Waals surface area contributed by atoms with Crippen molar-refractivity contribution in [3.63, 3.8) is 0 Å². The molecule has 2 amide bonds. The van der Waals surface area contributed by atoms with E-state index in [0.717, 1.165) is 6.42 Å². The molecule has 0 bridgehead atoms. The Morgan fingerprint density at radius 1 is 1.10 bits per heavy atom. The quantitative estimate of drug-likeness (QED) is 0.409. The van der Waals surface area contributed by atoms with Gasteiger partial charge in [0.15, 0.2) is 6.61 Å². The lowest BCUT2D eigenvalue weighted by molar-refractivity contribution is -0.142. The van der Waals surface area contributed by atoms with Crippen molar-refractivity contribution in [2.75, 3.05) is 6.61 Å². The molecular weight excluding hydrogens is 527 g/mol. The summed E-state index contributed by atoms with van der Waals surface area (Å²) in [6.45, 7) is 5.44. The standard InChI is InChI=1S/C22H24BrCl3N2O3/c1-4-13(2)27-22(30)14(3)28(11-15-5-6-17(25)10-19(15)26)21(29)12-31-20-8-7-16(24)9-18(20)23/h5-10,13-14H,4,11-12H2,1-3H3,(H,27,30)/t13-,14-/m1/s1. The summed E-state index contributed by atoms with van der Waals surface area (Å²) in [6.07, 6.45) is 0.781. The van der Waals surface area contributed by atoms with Crippen LogP contribution in [0.1, 0.15) is 32.8 Å². The third-order valence-electron chi connectivity index (χ3n) is 4.77. The first-order chi connectivity index (χ1) is 14.6. The first kappa shape index (κ1) is 25.8. The van der Waals surface area contributed by atoms with Gasteiger partial charge in [0, 0.05) is 27.7 Å². The molecule has 0 saturated carbocycles. The second-order valence-electron chi connectivity index (χ2n) is 7.11. The number of rotatable bonds is 9. The van der Waals surface area contributed by atoms with Crippen LogP contribution in [0.5, 0.6) is 5.75 Å². The van der Waals surface area contributed by atoms with Gasteiger partial charge < -0.3 is 15.0 Å². The van der Waals surface area contributed by atoms with Crippen LogP contribution in [0, 0.1) is 0 Å². The van der Waals surface area contributed by atoms with E-state index >= 15 is 0 Å². The highest BCUT2D eigenvalue weighted by atomic mass is 79.9. The zero-order chi connectivity index (χ0) is 23.1. The monoisotopic (exact) mass is 548 g/mol. The summed E-state index contributed by atoms with van der Waals surface area (Å²) >= 11 is 21.6. The molecule has 0 unspecified atom stereocenters. The first-order valence-electron chi connectivity index (χ1n) is 9.74. The van der Waals surface area contributed by atoms with Crippen LogP contribution in [-0.2, 0) is 16.1 Å². The van der Waals surface area contributed by atoms with E-state index in [-0.39, 0.29) is 31.0 Å². The van der Waals surface area contributed by atoms with Crippen LogP contribution in [0.25, 0.3) is 0 Å². The van der Waals surface area contributed by atoms with Crippen LogP contribution in [0.4, 0.5) is 0 Å². The Labute approximate surface area is 206 Å². The zero-order valence-corrected chi connectivity index (χ0v) is 21.3. The fourth-order valence-electron chi connectivity index (χ4n) is 2.70. The third kappa shape index (κ3) is 7.56. The predicted molar refractivity (Wildman–Crippen MR) is 129 cm³/mol. The molecule has 31 heavy (non-hydrogen) atoms. The van der Waals surface area contributed by atoms with Gasteiger partial charge in [-0.15, -0.1) is 0 Å². The predicted octanol–water partition coefficient (Wildman–Crippen LogP) is 6.12. The number of nitrogens with one attached hydrogen (secondary N) is 1. The van der Waals surface area contributed by atoms with Gasteiger partial charge in [0.2, 0.25) is 5.91 Å². The molecule has 1 N–H and O–H groups in total. The molecule has 0 radical (unpaired) electrons. The van der Waals surface area contributed by atoms with Gasteiger partial charge in [-0.25, -0.2) is 0 Å². The van der Waals surface area contributed by atoms with Crippen LogP contribution in [-0.4, -0.2) is 35.4 Å². The Morgan fingerprint density at radius 3 is 2.35 bits per heavy atom. The SMILES string of the molecule is CC[C@@H](C)NC(=O)[C@@H](C)N(Cc1ccc(Cl)cc1Cl)C(=O)COc1ccc(Cl)cc1Br. The minimum absolute atomic E-state index is 0.00713. The normalized spacial score (nSPS) is 12.7. The van der Waals surface area contributed by atoms with Gasteiger partial charge in [0.1, 0.15) is 11.8 Å². The Hall–Kier alpha value is -1.47. The number of carbonyl (C=O) groups excluding carboxylic acids is 2. The van der Waals surface area contributed by atoms with Gasteiger partial charge in [-0.1, -0.05) is 47.8 Å². The van der Waals surface area contributed by atoms with E-state index in [4.69, 9.17) is 39.5 Å². The number of halogens is 4. The number of ether oxygens (including phenoxy) is 1. The van der Waals surface area contributed by atoms with Gasteiger partial charge in [-0.05, 0) is 72.1 Å². The van der Waals surface area contributed by atoms with E-state index in [2.05, 4.69) is 21.2 Å². The highest BCUT2D eigenvalue weighted by molar-refractivity contribution is 9.10. The van der Waals surface area contributed by atoms with E-state index in [0.29, 0.717) is 30.9 Å². The lowest BCUT2D eigenvalue weighted by atomic mass is 10.1. The molecule has 9 heteroatoms. The van der Waals surface area contributed by atoms with Crippen LogP contribution in [0.3, 0.4) is 0 Å². The highest BCUT2D eigenvalue weighted by Crippen LogP contribution is 2.28. The molecule has 0 aliphatic rings. The summed E-state index contributed by atoms with van der Waals surface area (Å²) in [5.41, 5.74) is 0.676. The van der Waals surface area contributed by atoms with Crippen LogP contribution in [0.2, 0.25) is 15.1 Å². The smallest absolute Gasteiger partial charge is 0.261 e. The summed E-state index contributed by atoms with van der Waals surface area (Å²) in [6, 6.07) is 9.30. The van der Waals surface area contributed by atoms with Crippen molar-refractivity contribution in [3.8, 4) is 5.75 Å². The molecule has 2 aromatic carbocycles. The van der Waals surface area contributed by atoms with Crippen molar-refractivity contribution in [2.45, 2.75) is 45.8 Å². The second kappa shape index (κ2) is 12.0. The molecule has 0 aliphatic heterocycles. The number of hydrogen-bond donors (Lipinski definition) is 1. The Morgan fingerprint density at radius 2 is 1.74 bits per heavy atom. The molecule has 2 aromatic rings. The fraction of sp³-hybridized carbons (Fsp3) is 0.364. The molecule has 0 spiro atoms. The van der Waals surface area contributed by atoms with Crippen molar-refractivity contribution in [1.82, 2.24) is 10.2 Å². The van der Waals surface area contributed by atoms with Crippen molar-refractivity contribution < 1.29 is 14.3 Å². The minimum Gasteiger partial charge on any atom is -0.483 e. The molecule has 0 aromatic heterocycles. The van der Waals surface area contributed by atoms with E-state index < -0.39 is 6.04 Å². The van der Waals surface area contributed by atoms with Crippen LogP contribution >= 0.6 is 50.7 Å². The molecule has 0 aliphatic carbocycles. The number of nitrogens with zero attached hydrogens (tertiary/aromatic N) is 1. The molecule has 5 nitrogen and oxygen atoms in total. The van der Waals surface area contributed by atoms with E-state index in [9.17, 15) is 9.59 Å². The van der Waals surface area contributed by atoms with E-state index in [1.165, 1.54) is 4.90 Å². The number of carbonyl (C=O) groups is 2. The van der Waals surface area contributed by atoms with E-state index in [1.54, 1.807) is 43.3 Å². The maximum Gasteiger partial charge on any atom is 0.261 e. The van der Waals surface area contributed by atoms with Gasteiger partial charge in [-0.2, -0.15) is 0 Å². The van der Waals surface area contributed by atoms with Crippen molar-refractivity contribution in [2.24, 2.45) is 0 Å². The van der Waals surface area contributed by atoms with Gasteiger partial charge in [-0.3, -0.25) is 9.59 Å². The molecule has 2 rings (SSSR count). The topological polar surface area (TPSA) is 58.6 Å². The largest absolute Gasteiger partial charge is 0.483 e. The molecule has 0 heterocycles. The lowest BCUT2D eigenvalue weighted by Crippen LogP contribution is -2.50.